The zero-order valence-electron chi connectivity index (χ0n) is 18.0. The number of hydrogen-bond acceptors (Lipinski definition) is 2. The van der Waals surface area contributed by atoms with Crippen LogP contribution in [0.3, 0.4) is 0 Å². The van der Waals surface area contributed by atoms with Crippen LogP contribution in [0.4, 0.5) is 11.4 Å². The first-order chi connectivity index (χ1) is 14.0. The number of para-hydroxylation sites is 1. The molecule has 0 fully saturated rings. The number of anilines is 2. The molecule has 1 N–H and O–H groups in total. The quantitative estimate of drug-likeness (QED) is 0.434. The van der Waals surface area contributed by atoms with Crippen LogP contribution in [0.1, 0.15) is 19.5 Å². The second-order valence-electron chi connectivity index (χ2n) is 7.40. The van der Waals surface area contributed by atoms with Crippen LogP contribution in [0.5, 0.6) is 0 Å². The number of rotatable bonds is 6. The minimum absolute atomic E-state index is 1.10. The predicted octanol–water partition coefficient (Wildman–Crippen LogP) is 5.71. The molecule has 0 aliphatic heterocycles. The third kappa shape index (κ3) is 5.14. The molecular formula is C26H30N3+. The van der Waals surface area contributed by atoms with Crippen molar-refractivity contribution in [1.82, 2.24) is 0 Å². The molecule has 0 unspecified atom stereocenters. The summed E-state index contributed by atoms with van der Waals surface area (Å²) >= 11 is 0. The molecule has 148 valence electrons. The number of allylic oxidation sites excluding steroid dienone is 5. The smallest absolute Gasteiger partial charge is 0.212 e. The Morgan fingerprint density at radius 2 is 1.76 bits per heavy atom. The molecule has 0 atom stereocenters. The van der Waals surface area contributed by atoms with E-state index in [0.29, 0.717) is 0 Å². The summed E-state index contributed by atoms with van der Waals surface area (Å²) < 4.78 is 2.23. The largest absolute Gasteiger partial charge is 0.378 e. The minimum atomic E-state index is 1.10. The van der Waals surface area contributed by atoms with E-state index in [2.05, 4.69) is 117 Å². The average molecular weight is 385 g/mol. The van der Waals surface area contributed by atoms with Crippen LogP contribution in [-0.2, 0) is 7.05 Å². The van der Waals surface area contributed by atoms with Crippen molar-refractivity contribution >= 4 is 28.4 Å². The van der Waals surface area contributed by atoms with Crippen LogP contribution in [0.25, 0.3) is 17.0 Å². The van der Waals surface area contributed by atoms with Crippen LogP contribution >= 0.6 is 0 Å². The fourth-order valence-corrected chi connectivity index (χ4v) is 3.30. The van der Waals surface area contributed by atoms with E-state index >= 15 is 0 Å². The fraction of sp³-hybridized carbons (Fsp3) is 0.192. The zero-order chi connectivity index (χ0) is 20.8. The van der Waals surface area contributed by atoms with Gasteiger partial charge in [0.2, 0.25) is 11.2 Å². The van der Waals surface area contributed by atoms with E-state index in [4.69, 9.17) is 0 Å². The number of hydrogen-bond donors (Lipinski definition) is 1. The van der Waals surface area contributed by atoms with Gasteiger partial charge in [0.05, 0.1) is 0 Å². The van der Waals surface area contributed by atoms with Crippen molar-refractivity contribution < 1.29 is 4.57 Å². The Hall–Kier alpha value is -3.33. The summed E-state index contributed by atoms with van der Waals surface area (Å²) in [4.78, 5) is 2.13. The fourth-order valence-electron chi connectivity index (χ4n) is 3.30. The first kappa shape index (κ1) is 20.4. The second kappa shape index (κ2) is 9.24. The topological polar surface area (TPSA) is 19.1 Å². The maximum absolute atomic E-state index is 3.43. The molecule has 0 amide bonds. The van der Waals surface area contributed by atoms with Crippen molar-refractivity contribution in [2.75, 3.05) is 24.3 Å². The molecule has 3 rings (SSSR count). The lowest BCUT2D eigenvalue weighted by Gasteiger charge is -2.12. The van der Waals surface area contributed by atoms with Crippen LogP contribution < -0.4 is 14.8 Å². The molecule has 1 heterocycles. The molecule has 29 heavy (non-hydrogen) atoms. The Kier molecular flexibility index (Phi) is 6.50. The summed E-state index contributed by atoms with van der Waals surface area (Å²) in [6.45, 7) is 4.15. The van der Waals surface area contributed by atoms with Gasteiger partial charge in [-0.1, -0.05) is 24.3 Å². The van der Waals surface area contributed by atoms with Gasteiger partial charge >= 0.3 is 0 Å². The summed E-state index contributed by atoms with van der Waals surface area (Å²) in [5.41, 5.74) is 6.96. The van der Waals surface area contributed by atoms with E-state index in [-0.39, 0.29) is 0 Å². The molecule has 3 aromatic rings. The number of benzene rings is 2. The average Bonchev–Trinajstić information content (AvgIpc) is 2.72. The van der Waals surface area contributed by atoms with Crippen molar-refractivity contribution in [3.8, 4) is 0 Å². The molecule has 0 aliphatic rings. The van der Waals surface area contributed by atoms with Gasteiger partial charge in [-0.25, -0.2) is 0 Å². The third-order valence-corrected chi connectivity index (χ3v) is 4.99. The third-order valence-electron chi connectivity index (χ3n) is 4.99. The molecule has 3 heteroatoms. The molecule has 3 nitrogen and oxygen atoms in total. The van der Waals surface area contributed by atoms with Crippen molar-refractivity contribution in [1.29, 1.82) is 0 Å². The normalized spacial score (nSPS) is 12.6. The van der Waals surface area contributed by atoms with E-state index in [1.807, 2.05) is 18.2 Å². The van der Waals surface area contributed by atoms with Gasteiger partial charge in [0.15, 0.2) is 0 Å². The summed E-state index contributed by atoms with van der Waals surface area (Å²) in [6, 6.07) is 21.2. The number of pyridine rings is 1. The number of nitrogens with zero attached hydrogens (tertiary/aromatic N) is 2. The first-order valence-electron chi connectivity index (χ1n) is 9.93. The zero-order valence-corrected chi connectivity index (χ0v) is 18.0. The molecule has 0 aliphatic carbocycles. The van der Waals surface area contributed by atoms with E-state index in [1.165, 1.54) is 16.6 Å². The lowest BCUT2D eigenvalue weighted by atomic mass is 10.1. The number of aryl methyl sites for hydroxylation is 1. The van der Waals surface area contributed by atoms with Gasteiger partial charge in [-0.3, -0.25) is 0 Å². The Balaban J connectivity index is 1.81. The van der Waals surface area contributed by atoms with Gasteiger partial charge in [-0.15, -0.1) is 0 Å². The monoisotopic (exact) mass is 384 g/mol. The standard InChI is InChI=1S/C26H30N3/c1-6-21(18-20(2)27-23-10-8-7-9-11-23)12-14-24-15-13-22-19-25(28(3)4)16-17-26(22)29(24)5/h6-19,27H,1-5H3/q+1/b14-12+,20-18-,21-6+. The van der Waals surface area contributed by atoms with Crippen molar-refractivity contribution in [2.24, 2.45) is 7.05 Å². The van der Waals surface area contributed by atoms with Gasteiger partial charge < -0.3 is 10.2 Å². The highest BCUT2D eigenvalue weighted by Gasteiger charge is 2.10. The van der Waals surface area contributed by atoms with E-state index in [9.17, 15) is 0 Å². The van der Waals surface area contributed by atoms with E-state index in [0.717, 1.165) is 22.7 Å². The molecule has 1 aromatic heterocycles. The molecule has 0 radical (unpaired) electrons. The van der Waals surface area contributed by atoms with Gasteiger partial charge in [0.25, 0.3) is 0 Å². The lowest BCUT2D eigenvalue weighted by Crippen LogP contribution is -2.32. The molecule has 2 aromatic carbocycles. The summed E-state index contributed by atoms with van der Waals surface area (Å²) in [5.74, 6) is 0. The number of aromatic nitrogens is 1. The molecule has 0 spiro atoms. The number of fused-ring (bicyclic) bond motifs is 1. The Bertz CT molecular complexity index is 1070. The Morgan fingerprint density at radius 3 is 2.45 bits per heavy atom. The van der Waals surface area contributed by atoms with Gasteiger partial charge in [0, 0.05) is 54.8 Å². The molecule has 0 saturated carbocycles. The Morgan fingerprint density at radius 1 is 1.00 bits per heavy atom. The highest BCUT2D eigenvalue weighted by molar-refractivity contribution is 5.80. The highest BCUT2D eigenvalue weighted by Crippen LogP contribution is 2.19. The van der Waals surface area contributed by atoms with Gasteiger partial charge in [-0.05, 0) is 61.9 Å². The summed E-state index contributed by atoms with van der Waals surface area (Å²) in [5, 5.41) is 4.67. The molecule has 0 saturated heterocycles. The SMILES string of the molecule is C/C=C(/C=C(/C)Nc1ccccc1)\C=C\c1ccc2cc(N(C)C)ccc2[n+]1C. The molecular weight excluding hydrogens is 354 g/mol. The van der Waals surface area contributed by atoms with Crippen molar-refractivity contribution in [3.05, 3.63) is 95.9 Å². The minimum Gasteiger partial charge on any atom is -0.378 e. The summed E-state index contributed by atoms with van der Waals surface area (Å²) in [7, 11) is 6.25. The second-order valence-corrected chi connectivity index (χ2v) is 7.40. The molecule has 0 bridgehead atoms. The van der Waals surface area contributed by atoms with Crippen LogP contribution in [0.15, 0.2) is 90.2 Å². The predicted molar refractivity (Wildman–Crippen MR) is 126 cm³/mol. The van der Waals surface area contributed by atoms with Crippen LogP contribution in [0.2, 0.25) is 0 Å². The lowest BCUT2D eigenvalue weighted by molar-refractivity contribution is -0.646. The highest BCUT2D eigenvalue weighted by atomic mass is 15.1. The van der Waals surface area contributed by atoms with Gasteiger partial charge in [0.1, 0.15) is 7.05 Å². The van der Waals surface area contributed by atoms with Crippen LogP contribution in [0, 0.1) is 0 Å². The van der Waals surface area contributed by atoms with Gasteiger partial charge in [-0.2, -0.15) is 4.57 Å². The van der Waals surface area contributed by atoms with Crippen molar-refractivity contribution in [2.45, 2.75) is 13.8 Å². The summed E-state index contributed by atoms with van der Waals surface area (Å²) in [6.07, 6.45) is 8.61. The Labute approximate surface area is 174 Å². The van der Waals surface area contributed by atoms with Crippen LogP contribution in [-0.4, -0.2) is 14.1 Å². The van der Waals surface area contributed by atoms with E-state index < -0.39 is 0 Å². The van der Waals surface area contributed by atoms with Crippen molar-refractivity contribution in [3.63, 3.8) is 0 Å². The number of nitrogens with one attached hydrogen (secondary N) is 1. The maximum atomic E-state index is 3.43. The van der Waals surface area contributed by atoms with E-state index in [1.54, 1.807) is 0 Å². The first-order valence-corrected chi connectivity index (χ1v) is 9.93. The maximum Gasteiger partial charge on any atom is 0.212 e.